The van der Waals surface area contributed by atoms with Gasteiger partial charge in [0.2, 0.25) is 6.10 Å². The van der Waals surface area contributed by atoms with Gasteiger partial charge in [0.1, 0.15) is 6.61 Å². The molecule has 6 heteroatoms. The Morgan fingerprint density at radius 1 is 1.04 bits per heavy atom. The van der Waals surface area contributed by atoms with Crippen LogP contribution >= 0.6 is 0 Å². The van der Waals surface area contributed by atoms with Gasteiger partial charge in [-0.2, -0.15) is 0 Å². The third kappa shape index (κ3) is 4.39. The predicted octanol–water partition coefficient (Wildman–Crippen LogP) is 3.30. The molecule has 0 radical (unpaired) electrons. The maximum Gasteiger partial charge on any atom is 0.269 e. The first-order chi connectivity index (χ1) is 12.7. The van der Waals surface area contributed by atoms with Crippen molar-refractivity contribution >= 4 is 17.5 Å². The second-order valence-corrected chi connectivity index (χ2v) is 7.54. The lowest BCUT2D eigenvalue weighted by atomic mass is 10.0. The SMILES string of the molecule is Cc1c(NC(=O)[C@H]2COc3ccccc3O2)cccc1C(=O)NC(C)(C)C. The maximum atomic E-state index is 12.6. The first-order valence-electron chi connectivity index (χ1n) is 8.86. The summed E-state index contributed by atoms with van der Waals surface area (Å²) in [6.45, 7) is 7.70. The second kappa shape index (κ2) is 7.31. The van der Waals surface area contributed by atoms with Crippen LogP contribution in [0.2, 0.25) is 0 Å². The largest absolute Gasteiger partial charge is 0.485 e. The Kier molecular flexibility index (Phi) is 5.08. The highest BCUT2D eigenvalue weighted by Gasteiger charge is 2.28. The first kappa shape index (κ1) is 18.8. The van der Waals surface area contributed by atoms with E-state index in [9.17, 15) is 9.59 Å². The van der Waals surface area contributed by atoms with Gasteiger partial charge in [0, 0.05) is 16.8 Å². The molecule has 1 atom stereocenters. The van der Waals surface area contributed by atoms with E-state index in [1.165, 1.54) is 0 Å². The molecule has 3 rings (SSSR count). The lowest BCUT2D eigenvalue weighted by molar-refractivity contribution is -0.125. The van der Waals surface area contributed by atoms with Crippen molar-refractivity contribution in [3.63, 3.8) is 0 Å². The van der Waals surface area contributed by atoms with Crippen LogP contribution in [0.3, 0.4) is 0 Å². The number of rotatable bonds is 3. The van der Waals surface area contributed by atoms with E-state index in [2.05, 4.69) is 10.6 Å². The fourth-order valence-electron chi connectivity index (χ4n) is 2.79. The molecular formula is C21H24N2O4. The van der Waals surface area contributed by atoms with Crippen LogP contribution in [0.4, 0.5) is 5.69 Å². The van der Waals surface area contributed by atoms with Crippen molar-refractivity contribution < 1.29 is 19.1 Å². The minimum Gasteiger partial charge on any atom is -0.485 e. The van der Waals surface area contributed by atoms with E-state index in [1.54, 1.807) is 37.3 Å². The zero-order valence-electron chi connectivity index (χ0n) is 16.0. The van der Waals surface area contributed by atoms with Gasteiger partial charge in [-0.15, -0.1) is 0 Å². The molecule has 2 amide bonds. The van der Waals surface area contributed by atoms with Crippen LogP contribution in [0.1, 0.15) is 36.7 Å². The fourth-order valence-corrected chi connectivity index (χ4v) is 2.79. The molecular weight excluding hydrogens is 344 g/mol. The molecule has 1 aliphatic rings. The summed E-state index contributed by atoms with van der Waals surface area (Å²) in [5.41, 5.74) is 1.45. The molecule has 0 saturated heterocycles. The average Bonchev–Trinajstić information content (AvgIpc) is 2.61. The van der Waals surface area contributed by atoms with E-state index in [-0.39, 0.29) is 24.0 Å². The first-order valence-corrected chi connectivity index (χ1v) is 8.86. The van der Waals surface area contributed by atoms with Crippen molar-refractivity contribution in [2.45, 2.75) is 39.3 Å². The summed E-state index contributed by atoms with van der Waals surface area (Å²) in [4.78, 5) is 25.1. The smallest absolute Gasteiger partial charge is 0.269 e. The number of nitrogens with one attached hydrogen (secondary N) is 2. The molecule has 0 saturated carbocycles. The highest BCUT2D eigenvalue weighted by atomic mass is 16.6. The van der Waals surface area contributed by atoms with Gasteiger partial charge >= 0.3 is 0 Å². The standard InChI is InChI=1S/C21H24N2O4/c1-13-14(19(24)23-21(2,3)4)8-7-9-15(13)22-20(25)18-12-26-16-10-5-6-11-17(16)27-18/h5-11,18H,12H2,1-4H3,(H,22,25)(H,23,24)/t18-/m1/s1. The summed E-state index contributed by atoms with van der Waals surface area (Å²) in [6, 6.07) is 12.5. The van der Waals surface area contributed by atoms with Gasteiger partial charge in [-0.25, -0.2) is 0 Å². The normalized spacial score (nSPS) is 15.8. The molecule has 0 spiro atoms. The van der Waals surface area contributed by atoms with Crippen molar-refractivity contribution in [3.8, 4) is 11.5 Å². The van der Waals surface area contributed by atoms with Gasteiger partial charge in [0.25, 0.3) is 11.8 Å². The van der Waals surface area contributed by atoms with Crippen LogP contribution in [0.5, 0.6) is 11.5 Å². The van der Waals surface area contributed by atoms with E-state index in [1.807, 2.05) is 32.9 Å². The van der Waals surface area contributed by atoms with Crippen molar-refractivity contribution in [3.05, 3.63) is 53.6 Å². The van der Waals surface area contributed by atoms with Crippen molar-refractivity contribution in [2.24, 2.45) is 0 Å². The number of benzene rings is 2. The zero-order valence-corrected chi connectivity index (χ0v) is 16.0. The van der Waals surface area contributed by atoms with Gasteiger partial charge in [-0.05, 0) is 57.5 Å². The van der Waals surface area contributed by atoms with E-state index in [0.717, 1.165) is 0 Å². The molecule has 142 valence electrons. The molecule has 0 unspecified atom stereocenters. The van der Waals surface area contributed by atoms with Crippen molar-refractivity contribution in [1.29, 1.82) is 0 Å². The highest BCUT2D eigenvalue weighted by molar-refractivity contribution is 6.00. The van der Waals surface area contributed by atoms with E-state index in [4.69, 9.17) is 9.47 Å². The predicted molar refractivity (Wildman–Crippen MR) is 103 cm³/mol. The van der Waals surface area contributed by atoms with Crippen LogP contribution < -0.4 is 20.1 Å². The molecule has 0 bridgehead atoms. The maximum absolute atomic E-state index is 12.6. The third-order valence-corrected chi connectivity index (χ3v) is 4.13. The van der Waals surface area contributed by atoms with Crippen LogP contribution in [0, 0.1) is 6.92 Å². The molecule has 1 heterocycles. The average molecular weight is 368 g/mol. The van der Waals surface area contributed by atoms with E-state index >= 15 is 0 Å². The van der Waals surface area contributed by atoms with Gasteiger partial charge < -0.3 is 20.1 Å². The van der Waals surface area contributed by atoms with Crippen molar-refractivity contribution in [1.82, 2.24) is 5.32 Å². The summed E-state index contributed by atoms with van der Waals surface area (Å²) in [6.07, 6.45) is -0.758. The molecule has 0 aromatic heterocycles. The summed E-state index contributed by atoms with van der Waals surface area (Å²) >= 11 is 0. The van der Waals surface area contributed by atoms with Crippen LogP contribution in [-0.2, 0) is 4.79 Å². The molecule has 0 aliphatic carbocycles. The number of fused-ring (bicyclic) bond motifs is 1. The molecule has 6 nitrogen and oxygen atoms in total. The summed E-state index contributed by atoms with van der Waals surface area (Å²) in [7, 11) is 0. The van der Waals surface area contributed by atoms with Gasteiger partial charge in [-0.1, -0.05) is 18.2 Å². The molecule has 27 heavy (non-hydrogen) atoms. The summed E-state index contributed by atoms with van der Waals surface area (Å²) < 4.78 is 11.3. The number of hydrogen-bond acceptors (Lipinski definition) is 4. The van der Waals surface area contributed by atoms with E-state index in [0.29, 0.717) is 28.3 Å². The van der Waals surface area contributed by atoms with Gasteiger partial charge in [0.05, 0.1) is 0 Å². The second-order valence-electron chi connectivity index (χ2n) is 7.54. The topological polar surface area (TPSA) is 76.7 Å². The number of para-hydroxylation sites is 2. The molecule has 2 aromatic rings. The minimum absolute atomic E-state index is 0.131. The monoisotopic (exact) mass is 368 g/mol. The number of ether oxygens (including phenoxy) is 2. The number of carbonyl (C=O) groups is 2. The lowest BCUT2D eigenvalue weighted by Gasteiger charge is -2.26. The van der Waals surface area contributed by atoms with Crippen molar-refractivity contribution in [2.75, 3.05) is 11.9 Å². The molecule has 2 aromatic carbocycles. The minimum atomic E-state index is -0.758. The summed E-state index contributed by atoms with van der Waals surface area (Å²) in [5.74, 6) is 0.667. The highest BCUT2D eigenvalue weighted by Crippen LogP contribution is 2.31. The number of amides is 2. The molecule has 2 N–H and O–H groups in total. The molecule has 0 fully saturated rings. The van der Waals surface area contributed by atoms with E-state index < -0.39 is 6.10 Å². The Morgan fingerprint density at radius 2 is 1.74 bits per heavy atom. The van der Waals surface area contributed by atoms with Gasteiger partial charge in [-0.3, -0.25) is 9.59 Å². The Hall–Kier alpha value is -3.02. The fraction of sp³-hybridized carbons (Fsp3) is 0.333. The van der Waals surface area contributed by atoms with Crippen LogP contribution in [-0.4, -0.2) is 30.1 Å². The number of hydrogen-bond donors (Lipinski definition) is 2. The Balaban J connectivity index is 1.73. The third-order valence-electron chi connectivity index (χ3n) is 4.13. The number of carbonyl (C=O) groups excluding carboxylic acids is 2. The van der Waals surface area contributed by atoms with Crippen LogP contribution in [0.25, 0.3) is 0 Å². The Bertz CT molecular complexity index is 871. The Labute approximate surface area is 158 Å². The lowest BCUT2D eigenvalue weighted by Crippen LogP contribution is -2.41. The summed E-state index contributed by atoms with van der Waals surface area (Å²) in [5, 5.41) is 5.78. The molecule has 1 aliphatic heterocycles. The Morgan fingerprint density at radius 3 is 2.44 bits per heavy atom. The quantitative estimate of drug-likeness (QED) is 0.871. The van der Waals surface area contributed by atoms with Gasteiger partial charge in [0.15, 0.2) is 11.5 Å². The zero-order chi connectivity index (χ0) is 19.6. The van der Waals surface area contributed by atoms with Crippen LogP contribution in [0.15, 0.2) is 42.5 Å². The number of anilines is 1.